The van der Waals surface area contributed by atoms with Crippen LogP contribution in [0.25, 0.3) is 16.7 Å². The molecule has 1 saturated heterocycles. The maximum Gasteiger partial charge on any atom is 0.410 e. The Kier molecular flexibility index (Phi) is 6.02. The van der Waals surface area contributed by atoms with Crippen molar-refractivity contribution in [3.63, 3.8) is 0 Å². The van der Waals surface area contributed by atoms with Gasteiger partial charge in [0, 0.05) is 11.5 Å². The van der Waals surface area contributed by atoms with E-state index in [-0.39, 0.29) is 30.2 Å². The summed E-state index contributed by atoms with van der Waals surface area (Å²) >= 11 is 0. The normalized spacial score (nSPS) is 20.5. The SMILES string of the molecule is CC(C)Oc1ccccc1C1=CC2COCC(C1)N2C(=O)OCC1c2ccccc2-c2ccccc21. The summed E-state index contributed by atoms with van der Waals surface area (Å²) in [6.07, 6.45) is 2.69. The molecule has 0 N–H and O–H groups in total. The quantitative estimate of drug-likeness (QED) is 0.430. The molecule has 6 rings (SSSR count). The first-order chi connectivity index (χ1) is 17.6. The Labute approximate surface area is 212 Å². The maximum absolute atomic E-state index is 13.4. The van der Waals surface area contributed by atoms with Gasteiger partial charge >= 0.3 is 6.09 Å². The summed E-state index contributed by atoms with van der Waals surface area (Å²) in [6, 6.07) is 24.7. The van der Waals surface area contributed by atoms with Crippen molar-refractivity contribution in [1.82, 2.24) is 4.90 Å². The molecule has 5 nitrogen and oxygen atoms in total. The molecule has 3 aromatic rings. The minimum absolute atomic E-state index is 0.0494. The van der Waals surface area contributed by atoms with Crippen LogP contribution in [0.3, 0.4) is 0 Å². The van der Waals surface area contributed by atoms with E-state index in [9.17, 15) is 4.79 Å². The second kappa shape index (κ2) is 9.47. The Hall–Kier alpha value is -3.57. The van der Waals surface area contributed by atoms with E-state index in [0.29, 0.717) is 26.2 Å². The maximum atomic E-state index is 13.4. The summed E-state index contributed by atoms with van der Waals surface area (Å²) in [5.74, 6) is 0.931. The van der Waals surface area contributed by atoms with Gasteiger partial charge in [0.1, 0.15) is 12.4 Å². The molecule has 2 bridgehead atoms. The topological polar surface area (TPSA) is 48.0 Å². The van der Waals surface area contributed by atoms with Crippen LogP contribution in [0.1, 0.15) is 42.9 Å². The van der Waals surface area contributed by atoms with Crippen LogP contribution in [0.5, 0.6) is 5.75 Å². The number of carbonyl (C=O) groups excluding carboxylic acids is 1. The van der Waals surface area contributed by atoms with E-state index < -0.39 is 0 Å². The second-order valence-electron chi connectivity index (χ2n) is 10.0. The van der Waals surface area contributed by atoms with Crippen molar-refractivity contribution in [2.45, 2.75) is 44.4 Å². The van der Waals surface area contributed by atoms with Crippen LogP contribution < -0.4 is 4.74 Å². The number of para-hydroxylation sites is 1. The third kappa shape index (κ3) is 4.07. The average Bonchev–Trinajstić information content (AvgIpc) is 3.20. The van der Waals surface area contributed by atoms with E-state index in [1.807, 2.05) is 36.9 Å². The monoisotopic (exact) mass is 481 g/mol. The molecule has 1 amide bonds. The predicted octanol–water partition coefficient (Wildman–Crippen LogP) is 6.28. The molecule has 2 unspecified atom stereocenters. The van der Waals surface area contributed by atoms with Crippen LogP contribution in [0.2, 0.25) is 0 Å². The van der Waals surface area contributed by atoms with Crippen molar-refractivity contribution in [2.24, 2.45) is 0 Å². The van der Waals surface area contributed by atoms with Crippen LogP contribution in [-0.4, -0.2) is 49.0 Å². The number of morpholine rings is 1. The van der Waals surface area contributed by atoms with Crippen molar-refractivity contribution >= 4 is 11.7 Å². The molecule has 0 aromatic heterocycles. The zero-order valence-corrected chi connectivity index (χ0v) is 20.7. The number of rotatable bonds is 5. The van der Waals surface area contributed by atoms with Crippen molar-refractivity contribution in [2.75, 3.05) is 19.8 Å². The predicted molar refractivity (Wildman–Crippen MR) is 140 cm³/mol. The first-order valence-electron chi connectivity index (χ1n) is 12.8. The van der Waals surface area contributed by atoms with Crippen molar-refractivity contribution in [3.05, 3.63) is 95.6 Å². The Bertz CT molecular complexity index is 1270. The molecule has 184 valence electrons. The summed E-state index contributed by atoms with van der Waals surface area (Å²) in [6.45, 7) is 5.37. The lowest BCUT2D eigenvalue weighted by atomic mass is 9.89. The summed E-state index contributed by atoms with van der Waals surface area (Å²) in [4.78, 5) is 15.3. The van der Waals surface area contributed by atoms with Crippen molar-refractivity contribution < 1.29 is 19.0 Å². The molecule has 36 heavy (non-hydrogen) atoms. The van der Waals surface area contributed by atoms with Crippen LogP contribution in [0.15, 0.2) is 78.9 Å². The zero-order valence-electron chi connectivity index (χ0n) is 20.7. The molecule has 0 radical (unpaired) electrons. The van der Waals surface area contributed by atoms with Gasteiger partial charge < -0.3 is 14.2 Å². The van der Waals surface area contributed by atoms with Gasteiger partial charge in [-0.15, -0.1) is 0 Å². The fraction of sp³-hybridized carbons (Fsp3) is 0.323. The third-order valence-electron chi connectivity index (χ3n) is 7.34. The number of carbonyl (C=O) groups is 1. The molecule has 2 atom stereocenters. The number of ether oxygens (including phenoxy) is 3. The smallest absolute Gasteiger partial charge is 0.410 e. The molecule has 5 heteroatoms. The lowest BCUT2D eigenvalue weighted by Gasteiger charge is -2.44. The number of nitrogens with zero attached hydrogens (tertiary/aromatic N) is 1. The molecule has 1 fully saturated rings. The summed E-state index contributed by atoms with van der Waals surface area (Å²) < 4.78 is 17.9. The van der Waals surface area contributed by atoms with E-state index in [2.05, 4.69) is 60.7 Å². The lowest BCUT2D eigenvalue weighted by Crippen LogP contribution is -2.56. The van der Waals surface area contributed by atoms with E-state index >= 15 is 0 Å². The van der Waals surface area contributed by atoms with Crippen LogP contribution in [0.4, 0.5) is 4.79 Å². The van der Waals surface area contributed by atoms with E-state index in [1.54, 1.807) is 0 Å². The largest absolute Gasteiger partial charge is 0.490 e. The first kappa shape index (κ1) is 22.9. The van der Waals surface area contributed by atoms with Gasteiger partial charge in [-0.2, -0.15) is 0 Å². The van der Waals surface area contributed by atoms with Crippen molar-refractivity contribution in [3.8, 4) is 16.9 Å². The fourth-order valence-corrected chi connectivity index (χ4v) is 5.84. The molecular formula is C31H31NO4. The van der Waals surface area contributed by atoms with Crippen molar-refractivity contribution in [1.29, 1.82) is 0 Å². The van der Waals surface area contributed by atoms with E-state index in [1.165, 1.54) is 27.8 Å². The number of hydrogen-bond acceptors (Lipinski definition) is 4. The molecule has 2 aliphatic heterocycles. The Morgan fingerprint density at radius 1 is 0.917 bits per heavy atom. The standard InChI is InChI=1S/C31H31NO4/c1-20(2)36-30-14-8-7-9-24(30)21-15-22-17-34-18-23(16-21)32(22)31(33)35-19-29-27-12-5-3-10-25(27)26-11-4-6-13-28(26)29/h3-15,20,22-23,29H,16-19H2,1-2H3. The minimum Gasteiger partial charge on any atom is -0.490 e. The average molecular weight is 482 g/mol. The number of benzene rings is 3. The van der Waals surface area contributed by atoms with Crippen LogP contribution in [0, 0.1) is 0 Å². The van der Waals surface area contributed by atoms with Gasteiger partial charge in [0.25, 0.3) is 0 Å². The minimum atomic E-state index is -0.267. The highest BCUT2D eigenvalue weighted by atomic mass is 16.6. The van der Waals surface area contributed by atoms with Gasteiger partial charge in [-0.1, -0.05) is 72.8 Å². The number of fused-ring (bicyclic) bond motifs is 5. The van der Waals surface area contributed by atoms with E-state index in [4.69, 9.17) is 14.2 Å². The fourth-order valence-electron chi connectivity index (χ4n) is 5.84. The number of hydrogen-bond donors (Lipinski definition) is 0. The van der Waals surface area contributed by atoms with Gasteiger partial charge in [0.05, 0.1) is 31.4 Å². The number of amides is 1. The Morgan fingerprint density at radius 2 is 1.56 bits per heavy atom. The highest BCUT2D eigenvalue weighted by Gasteiger charge is 2.40. The molecule has 2 heterocycles. The van der Waals surface area contributed by atoms with Gasteiger partial charge in [0.15, 0.2) is 0 Å². The summed E-state index contributed by atoms with van der Waals surface area (Å²) in [5.41, 5.74) is 7.19. The molecule has 3 aliphatic rings. The molecule has 0 saturated carbocycles. The second-order valence-corrected chi connectivity index (χ2v) is 10.0. The van der Waals surface area contributed by atoms with Gasteiger partial charge in [-0.3, -0.25) is 4.90 Å². The molecule has 0 spiro atoms. The van der Waals surface area contributed by atoms with E-state index in [0.717, 1.165) is 11.3 Å². The molecule has 3 aromatic carbocycles. The Balaban J connectivity index is 1.22. The lowest BCUT2D eigenvalue weighted by molar-refractivity contribution is -0.0331. The first-order valence-corrected chi connectivity index (χ1v) is 12.8. The highest BCUT2D eigenvalue weighted by molar-refractivity contribution is 5.80. The van der Waals surface area contributed by atoms with Crippen LogP contribution in [-0.2, 0) is 9.47 Å². The van der Waals surface area contributed by atoms with Gasteiger partial charge in [-0.05, 0) is 54.2 Å². The Morgan fingerprint density at radius 3 is 2.22 bits per heavy atom. The third-order valence-corrected chi connectivity index (χ3v) is 7.34. The highest BCUT2D eigenvalue weighted by Crippen LogP contribution is 2.45. The van der Waals surface area contributed by atoms with Gasteiger partial charge in [0.2, 0.25) is 0 Å². The zero-order chi connectivity index (χ0) is 24.6. The molecular weight excluding hydrogens is 450 g/mol. The van der Waals surface area contributed by atoms with Gasteiger partial charge in [-0.25, -0.2) is 4.79 Å². The summed E-state index contributed by atoms with van der Waals surface area (Å²) in [7, 11) is 0. The molecule has 1 aliphatic carbocycles. The summed E-state index contributed by atoms with van der Waals surface area (Å²) in [5, 5.41) is 0. The van der Waals surface area contributed by atoms with Crippen LogP contribution >= 0.6 is 0 Å².